The van der Waals surface area contributed by atoms with Crippen LogP contribution in [0.15, 0.2) is 10.7 Å². The van der Waals surface area contributed by atoms with Gasteiger partial charge in [-0.2, -0.15) is 0 Å². The summed E-state index contributed by atoms with van der Waals surface area (Å²) in [6.45, 7) is 5.91. The molecule has 4 atom stereocenters. The van der Waals surface area contributed by atoms with Gasteiger partial charge >= 0.3 is 0 Å². The van der Waals surface area contributed by atoms with Gasteiger partial charge in [0.25, 0.3) is 0 Å². The van der Waals surface area contributed by atoms with E-state index >= 15 is 0 Å². The fourth-order valence-electron chi connectivity index (χ4n) is 3.85. The molecule has 0 saturated carbocycles. The van der Waals surface area contributed by atoms with Crippen LogP contribution in [0.3, 0.4) is 0 Å². The molecule has 0 saturated heterocycles. The molecule has 0 aromatic carbocycles. The monoisotopic (exact) mass is 264 g/mol. The van der Waals surface area contributed by atoms with Crippen LogP contribution in [0, 0.1) is 17.8 Å². The van der Waals surface area contributed by atoms with Crippen molar-refractivity contribution in [2.75, 3.05) is 0 Å². The normalized spacial score (nSPS) is 37.6. The fourth-order valence-corrected chi connectivity index (χ4v) is 3.85. The zero-order valence-electron chi connectivity index (χ0n) is 11.5. The number of furan rings is 1. The van der Waals surface area contributed by atoms with E-state index in [2.05, 4.69) is 0 Å². The average Bonchev–Trinajstić information content (AvgIpc) is 2.77. The van der Waals surface area contributed by atoms with Gasteiger partial charge in [0.05, 0.1) is 18.0 Å². The molecule has 0 aliphatic heterocycles. The summed E-state index contributed by atoms with van der Waals surface area (Å²) >= 11 is 0. The summed E-state index contributed by atoms with van der Waals surface area (Å²) in [6, 6.07) is 0. The van der Waals surface area contributed by atoms with Gasteiger partial charge in [-0.15, -0.1) is 0 Å². The van der Waals surface area contributed by atoms with Crippen LogP contribution in [-0.4, -0.2) is 16.0 Å². The zero-order valence-corrected chi connectivity index (χ0v) is 11.5. The number of aliphatic hydroxyl groups excluding tert-OH is 1. The van der Waals surface area contributed by atoms with Crippen molar-refractivity contribution in [2.24, 2.45) is 17.8 Å². The van der Waals surface area contributed by atoms with E-state index in [1.54, 1.807) is 0 Å². The summed E-state index contributed by atoms with van der Waals surface area (Å²) in [5.74, 6) is 0.119. The Morgan fingerprint density at radius 3 is 2.79 bits per heavy atom. The van der Waals surface area contributed by atoms with Crippen LogP contribution in [-0.2, 0) is 5.60 Å². The van der Waals surface area contributed by atoms with E-state index in [9.17, 15) is 15.0 Å². The summed E-state index contributed by atoms with van der Waals surface area (Å²) in [7, 11) is 0. The highest BCUT2D eigenvalue weighted by atomic mass is 16.3. The number of carbonyl (C=O) groups is 1. The van der Waals surface area contributed by atoms with E-state index in [-0.39, 0.29) is 29.3 Å². The first-order valence-corrected chi connectivity index (χ1v) is 6.92. The second-order valence-electron chi connectivity index (χ2n) is 6.39. The smallest absolute Gasteiger partial charge is 0.201 e. The Hall–Kier alpha value is -1.13. The predicted octanol–water partition coefficient (Wildman–Crippen LogP) is 2.40. The number of rotatable bonds is 1. The molecule has 0 fully saturated rings. The molecule has 104 valence electrons. The van der Waals surface area contributed by atoms with Crippen molar-refractivity contribution < 1.29 is 19.4 Å². The van der Waals surface area contributed by atoms with Crippen molar-refractivity contribution in [2.45, 2.75) is 45.3 Å². The molecule has 2 N–H and O–H groups in total. The Kier molecular flexibility index (Phi) is 2.67. The van der Waals surface area contributed by atoms with Gasteiger partial charge in [0, 0.05) is 17.0 Å². The zero-order chi connectivity index (χ0) is 13.9. The molecule has 1 aromatic rings. The van der Waals surface area contributed by atoms with E-state index in [0.717, 1.165) is 0 Å². The molecule has 0 spiro atoms. The lowest BCUT2D eigenvalue weighted by atomic mass is 9.61. The Morgan fingerprint density at radius 2 is 2.16 bits per heavy atom. The van der Waals surface area contributed by atoms with Gasteiger partial charge in [0.15, 0.2) is 5.76 Å². The van der Waals surface area contributed by atoms with Crippen molar-refractivity contribution in [3.8, 4) is 0 Å². The van der Waals surface area contributed by atoms with Gasteiger partial charge in [-0.3, -0.25) is 4.79 Å². The summed E-state index contributed by atoms with van der Waals surface area (Å²) in [4.78, 5) is 12.2. The van der Waals surface area contributed by atoms with Gasteiger partial charge in [0.2, 0.25) is 5.78 Å². The van der Waals surface area contributed by atoms with Crippen LogP contribution in [0.2, 0.25) is 0 Å². The number of hydrogen-bond acceptors (Lipinski definition) is 4. The molecule has 1 heterocycles. The van der Waals surface area contributed by atoms with Crippen LogP contribution < -0.4 is 0 Å². The van der Waals surface area contributed by atoms with Crippen LogP contribution in [0.1, 0.15) is 61.4 Å². The van der Waals surface area contributed by atoms with E-state index in [4.69, 9.17) is 4.42 Å². The second-order valence-corrected chi connectivity index (χ2v) is 6.39. The van der Waals surface area contributed by atoms with Gasteiger partial charge in [-0.1, -0.05) is 20.8 Å². The first kappa shape index (κ1) is 12.9. The molecule has 4 nitrogen and oxygen atoms in total. The highest BCUT2D eigenvalue weighted by molar-refractivity contribution is 5.98. The molecule has 1 aromatic heterocycles. The summed E-state index contributed by atoms with van der Waals surface area (Å²) in [5, 5.41) is 21.4. The largest absolute Gasteiger partial charge is 0.460 e. The minimum Gasteiger partial charge on any atom is -0.460 e. The van der Waals surface area contributed by atoms with Crippen molar-refractivity contribution in [1.82, 2.24) is 0 Å². The topological polar surface area (TPSA) is 70.7 Å². The minimum atomic E-state index is -1.04. The van der Waals surface area contributed by atoms with Gasteiger partial charge in [-0.05, 0) is 24.7 Å². The molecule has 0 radical (unpaired) electrons. The summed E-state index contributed by atoms with van der Waals surface area (Å²) in [5.41, 5.74) is 0.0981. The molecule has 3 rings (SSSR count). The Labute approximate surface area is 112 Å². The van der Waals surface area contributed by atoms with E-state index in [1.807, 2.05) is 20.8 Å². The minimum absolute atomic E-state index is 0.0538. The lowest BCUT2D eigenvalue weighted by molar-refractivity contribution is -0.0928. The number of ketones is 1. The highest BCUT2D eigenvalue weighted by Gasteiger charge is 2.54. The molecule has 0 amide bonds. The average molecular weight is 264 g/mol. The molecule has 19 heavy (non-hydrogen) atoms. The van der Waals surface area contributed by atoms with E-state index < -0.39 is 11.7 Å². The van der Waals surface area contributed by atoms with Crippen molar-refractivity contribution in [1.29, 1.82) is 0 Å². The maximum absolute atomic E-state index is 12.2. The highest BCUT2D eigenvalue weighted by Crippen LogP contribution is 2.54. The van der Waals surface area contributed by atoms with E-state index in [0.29, 0.717) is 24.0 Å². The summed E-state index contributed by atoms with van der Waals surface area (Å²) < 4.78 is 5.37. The maximum Gasteiger partial charge on any atom is 0.201 e. The first-order chi connectivity index (χ1) is 8.86. The predicted molar refractivity (Wildman–Crippen MR) is 68.6 cm³/mol. The molecular weight excluding hydrogens is 244 g/mol. The molecule has 4 unspecified atom stereocenters. The number of hydrogen-bond donors (Lipinski definition) is 2. The molecule has 0 bridgehead atoms. The third-order valence-corrected chi connectivity index (χ3v) is 4.80. The quantitative estimate of drug-likeness (QED) is 0.817. The first-order valence-electron chi connectivity index (χ1n) is 6.92. The van der Waals surface area contributed by atoms with Crippen LogP contribution in [0.4, 0.5) is 0 Å². The lowest BCUT2D eigenvalue weighted by Gasteiger charge is -2.46. The fraction of sp³-hybridized carbons (Fsp3) is 0.667. The Morgan fingerprint density at radius 1 is 1.47 bits per heavy atom. The second kappa shape index (κ2) is 3.93. The SMILES string of the molecule is CC1CC2(O)c3c(coc3C1=O)C(O)CC2C(C)C. The van der Waals surface area contributed by atoms with Crippen molar-refractivity contribution in [3.63, 3.8) is 0 Å². The maximum atomic E-state index is 12.2. The molecular formula is C15H20O4. The number of Topliss-reactive ketones (excluding diaryl/α,β-unsaturated/α-hetero) is 1. The van der Waals surface area contributed by atoms with Crippen molar-refractivity contribution in [3.05, 3.63) is 23.2 Å². The van der Waals surface area contributed by atoms with Crippen LogP contribution >= 0.6 is 0 Å². The van der Waals surface area contributed by atoms with Gasteiger partial charge in [0.1, 0.15) is 0 Å². The molecule has 2 aliphatic rings. The lowest BCUT2D eigenvalue weighted by Crippen LogP contribution is -2.48. The summed E-state index contributed by atoms with van der Waals surface area (Å²) in [6.07, 6.45) is 1.72. The van der Waals surface area contributed by atoms with Crippen LogP contribution in [0.5, 0.6) is 0 Å². The van der Waals surface area contributed by atoms with Gasteiger partial charge < -0.3 is 14.6 Å². The Bertz CT molecular complexity index is 530. The third-order valence-electron chi connectivity index (χ3n) is 4.80. The molecule has 4 heteroatoms. The third kappa shape index (κ3) is 1.56. The number of aliphatic hydroxyl groups is 2. The number of carbonyl (C=O) groups excluding carboxylic acids is 1. The molecule has 2 aliphatic carbocycles. The van der Waals surface area contributed by atoms with Crippen LogP contribution in [0.25, 0.3) is 0 Å². The standard InChI is InChI=1S/C15H20O4/c1-7(2)10-4-11(16)9-6-19-14-12(9)15(10,18)5-8(3)13(14)17/h6-8,10-11,16,18H,4-5H2,1-3H3. The van der Waals surface area contributed by atoms with Gasteiger partial charge in [-0.25, -0.2) is 0 Å². The van der Waals surface area contributed by atoms with E-state index in [1.165, 1.54) is 6.26 Å². The Balaban J connectivity index is 2.23. The van der Waals surface area contributed by atoms with Crippen molar-refractivity contribution >= 4 is 5.78 Å².